The van der Waals surface area contributed by atoms with Gasteiger partial charge >= 0.3 is 6.36 Å². The van der Waals surface area contributed by atoms with Gasteiger partial charge in [0.15, 0.2) is 11.5 Å². The third-order valence-corrected chi connectivity index (χ3v) is 3.54. The molecule has 7 nitrogen and oxygen atoms in total. The number of carbonyl (C=O) groups is 1. The fourth-order valence-corrected chi connectivity index (χ4v) is 2.47. The first kappa shape index (κ1) is 16.1. The summed E-state index contributed by atoms with van der Waals surface area (Å²) in [5, 5.41) is 2.49. The van der Waals surface area contributed by atoms with Crippen molar-refractivity contribution in [2.75, 3.05) is 12.1 Å². The van der Waals surface area contributed by atoms with Crippen LogP contribution in [0.15, 0.2) is 36.4 Å². The number of hydrogen-bond donors (Lipinski definition) is 2. The Balaban J connectivity index is 1.55. The van der Waals surface area contributed by atoms with Gasteiger partial charge in [0, 0.05) is 17.7 Å². The van der Waals surface area contributed by atoms with Crippen LogP contribution < -0.4 is 19.5 Å². The number of ether oxygens (including phenoxy) is 3. The summed E-state index contributed by atoms with van der Waals surface area (Å²) in [5.41, 5.74) is 1.14. The second-order valence-corrected chi connectivity index (χ2v) is 5.34. The van der Waals surface area contributed by atoms with Crippen LogP contribution in [0, 0.1) is 0 Å². The number of alkyl halides is 3. The topological polar surface area (TPSA) is 85.5 Å². The third kappa shape index (κ3) is 3.21. The van der Waals surface area contributed by atoms with Crippen LogP contribution in [0.5, 0.6) is 17.2 Å². The number of nitrogens with zero attached hydrogens (tertiary/aromatic N) is 1. The first-order valence-corrected chi connectivity index (χ1v) is 7.34. The number of benzene rings is 2. The van der Waals surface area contributed by atoms with Gasteiger partial charge in [0.05, 0.1) is 11.0 Å². The number of imidazole rings is 1. The van der Waals surface area contributed by atoms with Crippen LogP contribution in [0.2, 0.25) is 0 Å². The van der Waals surface area contributed by atoms with Crippen molar-refractivity contribution in [1.82, 2.24) is 9.97 Å². The van der Waals surface area contributed by atoms with E-state index < -0.39 is 18.0 Å². The highest BCUT2D eigenvalue weighted by atomic mass is 19.4. The molecule has 1 amide bonds. The van der Waals surface area contributed by atoms with Gasteiger partial charge in [0.2, 0.25) is 12.7 Å². The van der Waals surface area contributed by atoms with Crippen LogP contribution in [0.3, 0.4) is 0 Å². The lowest BCUT2D eigenvalue weighted by atomic mass is 10.2. The minimum Gasteiger partial charge on any atom is -0.454 e. The molecule has 0 unspecified atom stereocenters. The predicted molar refractivity (Wildman–Crippen MR) is 83.3 cm³/mol. The van der Waals surface area contributed by atoms with Crippen molar-refractivity contribution in [3.8, 4) is 17.2 Å². The average Bonchev–Trinajstić information content (AvgIpc) is 3.16. The van der Waals surface area contributed by atoms with Crippen molar-refractivity contribution in [2.24, 2.45) is 0 Å². The molecule has 0 radical (unpaired) electrons. The summed E-state index contributed by atoms with van der Waals surface area (Å²) >= 11 is 0. The molecule has 0 spiro atoms. The number of H-pyrrole nitrogens is 1. The van der Waals surface area contributed by atoms with Gasteiger partial charge in [-0.15, -0.1) is 13.2 Å². The summed E-state index contributed by atoms with van der Waals surface area (Å²) in [6.45, 7) is 0.127. The maximum absolute atomic E-state index is 12.3. The number of nitrogens with one attached hydrogen (secondary N) is 2. The Morgan fingerprint density at radius 1 is 1.19 bits per heavy atom. The average molecular weight is 365 g/mol. The van der Waals surface area contributed by atoms with E-state index in [1.54, 1.807) is 12.1 Å². The Hall–Kier alpha value is -3.43. The summed E-state index contributed by atoms with van der Waals surface area (Å²) in [4.78, 5) is 19.3. The van der Waals surface area contributed by atoms with E-state index in [0.29, 0.717) is 22.5 Å². The van der Waals surface area contributed by atoms with E-state index >= 15 is 0 Å². The molecule has 26 heavy (non-hydrogen) atoms. The standard InChI is InChI=1S/C16H10F3N3O4/c17-16(18,19)26-9-3-1-2-8(4-9)14(23)22-15-20-10-5-12-13(25-7-24-12)6-11(10)21-15/h1-6H,7H2,(H2,20,21,22,23). The maximum Gasteiger partial charge on any atom is 0.573 e. The number of amides is 1. The number of aromatic amines is 1. The van der Waals surface area contributed by atoms with Gasteiger partial charge in [-0.3, -0.25) is 10.1 Å². The van der Waals surface area contributed by atoms with Crippen molar-refractivity contribution in [3.05, 3.63) is 42.0 Å². The van der Waals surface area contributed by atoms with Crippen LogP contribution in [0.1, 0.15) is 10.4 Å². The molecule has 0 fully saturated rings. The Morgan fingerprint density at radius 3 is 2.73 bits per heavy atom. The van der Waals surface area contributed by atoms with Gasteiger partial charge in [-0.2, -0.15) is 0 Å². The third-order valence-electron chi connectivity index (χ3n) is 3.54. The Kier molecular flexibility index (Phi) is 3.60. The number of halogens is 3. The number of aromatic nitrogens is 2. The van der Waals surface area contributed by atoms with E-state index in [1.165, 1.54) is 12.1 Å². The fourth-order valence-electron chi connectivity index (χ4n) is 2.47. The lowest BCUT2D eigenvalue weighted by molar-refractivity contribution is -0.274. The molecule has 0 atom stereocenters. The van der Waals surface area contributed by atoms with Crippen molar-refractivity contribution < 1.29 is 32.2 Å². The molecule has 0 saturated heterocycles. The number of rotatable bonds is 3. The molecular weight excluding hydrogens is 355 g/mol. The molecule has 10 heteroatoms. The van der Waals surface area contributed by atoms with Gasteiger partial charge in [0.1, 0.15) is 5.75 Å². The second-order valence-electron chi connectivity index (χ2n) is 5.34. The lowest BCUT2D eigenvalue weighted by Gasteiger charge is -2.09. The van der Waals surface area contributed by atoms with Crippen LogP contribution >= 0.6 is 0 Å². The molecule has 2 aromatic carbocycles. The van der Waals surface area contributed by atoms with Crippen molar-refractivity contribution in [3.63, 3.8) is 0 Å². The molecular formula is C16H10F3N3O4. The molecule has 2 N–H and O–H groups in total. The normalized spacial score (nSPS) is 13.0. The highest BCUT2D eigenvalue weighted by molar-refractivity contribution is 6.04. The molecule has 0 bridgehead atoms. The van der Waals surface area contributed by atoms with Crippen molar-refractivity contribution in [1.29, 1.82) is 0 Å². The summed E-state index contributed by atoms with van der Waals surface area (Å²) in [6.07, 6.45) is -4.83. The van der Waals surface area contributed by atoms with Crippen LogP contribution in [0.25, 0.3) is 11.0 Å². The minimum absolute atomic E-state index is 0.0126. The highest BCUT2D eigenvalue weighted by Gasteiger charge is 2.31. The molecule has 0 aliphatic carbocycles. The molecule has 4 rings (SSSR count). The van der Waals surface area contributed by atoms with Gasteiger partial charge in [-0.1, -0.05) is 6.07 Å². The summed E-state index contributed by atoms with van der Waals surface area (Å²) in [7, 11) is 0. The number of anilines is 1. The monoisotopic (exact) mass is 365 g/mol. The van der Waals surface area contributed by atoms with Crippen molar-refractivity contribution >= 4 is 22.9 Å². The van der Waals surface area contributed by atoms with E-state index in [1.807, 2.05) is 0 Å². The van der Waals surface area contributed by atoms with E-state index in [4.69, 9.17) is 9.47 Å². The lowest BCUT2D eigenvalue weighted by Crippen LogP contribution is -2.18. The van der Waals surface area contributed by atoms with Gasteiger partial charge in [0.25, 0.3) is 5.91 Å². The van der Waals surface area contributed by atoms with Crippen molar-refractivity contribution in [2.45, 2.75) is 6.36 Å². The van der Waals surface area contributed by atoms with E-state index in [0.717, 1.165) is 12.1 Å². The Labute approximate surface area is 143 Å². The summed E-state index contributed by atoms with van der Waals surface area (Å²) < 4.78 is 51.2. The molecule has 2 heterocycles. The first-order chi connectivity index (χ1) is 12.4. The molecule has 0 saturated carbocycles. The molecule has 1 aliphatic rings. The van der Waals surface area contributed by atoms with E-state index in [2.05, 4.69) is 20.0 Å². The number of carbonyl (C=O) groups excluding carboxylic acids is 1. The second kappa shape index (κ2) is 5.83. The summed E-state index contributed by atoms with van der Waals surface area (Å²) in [5.74, 6) is 0.0999. The zero-order chi connectivity index (χ0) is 18.3. The van der Waals surface area contributed by atoms with E-state index in [-0.39, 0.29) is 18.3 Å². The molecule has 1 aromatic heterocycles. The van der Waals surface area contributed by atoms with Crippen LogP contribution in [-0.4, -0.2) is 29.0 Å². The maximum atomic E-state index is 12.3. The number of fused-ring (bicyclic) bond motifs is 2. The fraction of sp³-hybridized carbons (Fsp3) is 0.125. The SMILES string of the molecule is O=C(Nc1nc2cc3c(cc2[nH]1)OCO3)c1cccc(OC(F)(F)F)c1. The molecule has 3 aromatic rings. The summed E-state index contributed by atoms with van der Waals surface area (Å²) in [6, 6.07) is 8.07. The van der Waals surface area contributed by atoms with E-state index in [9.17, 15) is 18.0 Å². The van der Waals surface area contributed by atoms with Crippen LogP contribution in [-0.2, 0) is 0 Å². The minimum atomic E-state index is -4.83. The Bertz CT molecular complexity index is 959. The van der Waals surface area contributed by atoms with Crippen LogP contribution in [0.4, 0.5) is 19.1 Å². The van der Waals surface area contributed by atoms with Gasteiger partial charge in [-0.05, 0) is 18.2 Å². The van der Waals surface area contributed by atoms with Gasteiger partial charge in [-0.25, -0.2) is 4.98 Å². The Morgan fingerprint density at radius 2 is 1.96 bits per heavy atom. The smallest absolute Gasteiger partial charge is 0.454 e. The van der Waals surface area contributed by atoms with Gasteiger partial charge < -0.3 is 19.2 Å². The first-order valence-electron chi connectivity index (χ1n) is 7.34. The zero-order valence-corrected chi connectivity index (χ0v) is 12.9. The molecule has 134 valence electrons. The predicted octanol–water partition coefficient (Wildman–Crippen LogP) is 3.44. The quantitative estimate of drug-likeness (QED) is 0.743. The largest absolute Gasteiger partial charge is 0.573 e. The number of hydrogen-bond acceptors (Lipinski definition) is 5. The molecule has 1 aliphatic heterocycles. The highest BCUT2D eigenvalue weighted by Crippen LogP contribution is 2.35. The zero-order valence-electron chi connectivity index (χ0n) is 12.9.